The van der Waals surface area contributed by atoms with Gasteiger partial charge in [-0.25, -0.2) is 8.78 Å². The average molecular weight is 233 g/mol. The topological polar surface area (TPSA) is 26.0 Å². The van der Waals surface area contributed by atoms with Gasteiger partial charge < -0.3 is 5.73 Å². The van der Waals surface area contributed by atoms with Crippen LogP contribution in [0, 0.1) is 11.6 Å². The summed E-state index contributed by atoms with van der Waals surface area (Å²) in [6, 6.07) is 11.7. The van der Waals surface area contributed by atoms with Gasteiger partial charge in [-0.05, 0) is 36.1 Å². The van der Waals surface area contributed by atoms with Crippen LogP contribution in [0.1, 0.15) is 11.1 Å². The summed E-state index contributed by atoms with van der Waals surface area (Å²) in [6.07, 6.45) is 1.05. The highest BCUT2D eigenvalue weighted by molar-refractivity contribution is 5.46. The van der Waals surface area contributed by atoms with E-state index in [1.54, 1.807) is 12.1 Å². The zero-order chi connectivity index (χ0) is 12.3. The summed E-state index contributed by atoms with van der Waals surface area (Å²) < 4.78 is 26.4. The van der Waals surface area contributed by atoms with Crippen LogP contribution in [0.5, 0.6) is 0 Å². The van der Waals surface area contributed by atoms with E-state index in [2.05, 4.69) is 0 Å². The number of hydrogen-bond donors (Lipinski definition) is 1. The van der Waals surface area contributed by atoms with E-state index < -0.39 is 11.6 Å². The second kappa shape index (κ2) is 4.95. The van der Waals surface area contributed by atoms with E-state index in [4.69, 9.17) is 5.73 Å². The molecule has 0 aliphatic rings. The minimum absolute atomic E-state index is 0.383. The number of nitrogen functional groups attached to an aromatic ring is 1. The summed E-state index contributed by atoms with van der Waals surface area (Å²) in [6.45, 7) is 0. The molecule has 0 amide bonds. The molecular formula is C14H13F2N. The molecule has 0 heterocycles. The number of aryl methyl sites for hydroxylation is 2. The molecule has 0 radical (unpaired) electrons. The highest BCUT2D eigenvalue weighted by Crippen LogP contribution is 2.17. The molecule has 0 aliphatic carbocycles. The number of nitrogens with two attached hydrogens (primary N) is 1. The maximum atomic E-state index is 13.4. The fraction of sp³-hybridized carbons (Fsp3) is 0.143. The molecule has 2 aromatic carbocycles. The molecule has 0 spiro atoms. The number of hydrogen-bond acceptors (Lipinski definition) is 1. The molecule has 0 fully saturated rings. The lowest BCUT2D eigenvalue weighted by atomic mass is 10.0. The Morgan fingerprint density at radius 3 is 2.24 bits per heavy atom. The van der Waals surface area contributed by atoms with Crippen LogP contribution in [0.25, 0.3) is 0 Å². The molecular weight excluding hydrogens is 220 g/mol. The van der Waals surface area contributed by atoms with Crippen molar-refractivity contribution in [1.82, 2.24) is 0 Å². The van der Waals surface area contributed by atoms with Crippen molar-refractivity contribution in [3.63, 3.8) is 0 Å². The van der Waals surface area contributed by atoms with Gasteiger partial charge in [-0.2, -0.15) is 0 Å². The first-order chi connectivity index (χ1) is 8.18. The Hall–Kier alpha value is -1.90. The third kappa shape index (κ3) is 2.61. The third-order valence-corrected chi connectivity index (χ3v) is 2.75. The quantitative estimate of drug-likeness (QED) is 0.808. The Morgan fingerprint density at radius 2 is 1.47 bits per heavy atom. The van der Waals surface area contributed by atoms with Crippen molar-refractivity contribution < 1.29 is 8.78 Å². The van der Waals surface area contributed by atoms with Crippen LogP contribution in [0.15, 0.2) is 42.5 Å². The van der Waals surface area contributed by atoms with E-state index >= 15 is 0 Å². The lowest BCUT2D eigenvalue weighted by Crippen LogP contribution is -1.99. The van der Waals surface area contributed by atoms with E-state index in [1.165, 1.54) is 6.07 Å². The summed E-state index contributed by atoms with van der Waals surface area (Å²) in [4.78, 5) is 0. The molecule has 0 unspecified atom stereocenters. The van der Waals surface area contributed by atoms with Crippen molar-refractivity contribution in [3.8, 4) is 0 Å². The van der Waals surface area contributed by atoms with Gasteiger partial charge >= 0.3 is 0 Å². The smallest absolute Gasteiger partial charge is 0.162 e. The monoisotopic (exact) mass is 233 g/mol. The zero-order valence-corrected chi connectivity index (χ0v) is 9.29. The highest BCUT2D eigenvalue weighted by Gasteiger charge is 2.08. The molecule has 0 saturated carbocycles. The zero-order valence-electron chi connectivity index (χ0n) is 9.29. The van der Waals surface area contributed by atoms with Crippen LogP contribution in [0.2, 0.25) is 0 Å². The van der Waals surface area contributed by atoms with Crippen LogP contribution in [0.4, 0.5) is 14.5 Å². The molecule has 17 heavy (non-hydrogen) atoms. The number of anilines is 1. The maximum absolute atomic E-state index is 13.4. The van der Waals surface area contributed by atoms with Crippen molar-refractivity contribution >= 4 is 5.69 Å². The Morgan fingerprint density at radius 1 is 0.824 bits per heavy atom. The molecule has 0 atom stereocenters. The molecule has 0 saturated heterocycles. The van der Waals surface area contributed by atoms with Gasteiger partial charge in [0.1, 0.15) is 0 Å². The molecule has 0 aromatic heterocycles. The SMILES string of the molecule is Nc1ccccc1CCc1cccc(F)c1F. The number of rotatable bonds is 3. The minimum atomic E-state index is -0.802. The van der Waals surface area contributed by atoms with Gasteiger partial charge in [0, 0.05) is 5.69 Å². The predicted octanol–water partition coefficient (Wildman–Crippen LogP) is 3.33. The average Bonchev–Trinajstić information content (AvgIpc) is 2.33. The number of benzene rings is 2. The molecule has 3 heteroatoms. The molecule has 2 aromatic rings. The van der Waals surface area contributed by atoms with Crippen LogP contribution < -0.4 is 5.73 Å². The molecule has 0 bridgehead atoms. The lowest BCUT2D eigenvalue weighted by Gasteiger charge is -2.06. The first-order valence-electron chi connectivity index (χ1n) is 5.45. The highest BCUT2D eigenvalue weighted by atomic mass is 19.2. The van der Waals surface area contributed by atoms with Gasteiger partial charge in [0.2, 0.25) is 0 Å². The van der Waals surface area contributed by atoms with Gasteiger partial charge in [0.05, 0.1) is 0 Å². The Labute approximate surface area is 98.9 Å². The van der Waals surface area contributed by atoms with Gasteiger partial charge in [-0.15, -0.1) is 0 Å². The predicted molar refractivity (Wildman–Crippen MR) is 64.6 cm³/mol. The summed E-state index contributed by atoms with van der Waals surface area (Å²) in [5.74, 6) is -1.56. The van der Waals surface area contributed by atoms with E-state index in [0.717, 1.165) is 11.6 Å². The fourth-order valence-electron chi connectivity index (χ4n) is 1.77. The fourth-order valence-corrected chi connectivity index (χ4v) is 1.77. The van der Waals surface area contributed by atoms with Crippen molar-refractivity contribution in [2.75, 3.05) is 5.73 Å². The summed E-state index contributed by atoms with van der Waals surface area (Å²) in [5.41, 5.74) is 7.81. The standard InChI is InChI=1S/C14H13F2N/c15-12-6-3-5-11(14(12)16)9-8-10-4-1-2-7-13(10)17/h1-7H,8-9,17H2. The summed E-state index contributed by atoms with van der Waals surface area (Å²) in [5, 5.41) is 0. The van der Waals surface area contributed by atoms with Crippen LogP contribution in [0.3, 0.4) is 0 Å². The summed E-state index contributed by atoms with van der Waals surface area (Å²) >= 11 is 0. The molecule has 2 rings (SSSR count). The number of halogens is 2. The van der Waals surface area contributed by atoms with E-state index in [1.807, 2.05) is 18.2 Å². The normalized spacial score (nSPS) is 10.5. The van der Waals surface area contributed by atoms with Crippen LogP contribution in [-0.4, -0.2) is 0 Å². The summed E-state index contributed by atoms with van der Waals surface area (Å²) in [7, 11) is 0. The Kier molecular flexibility index (Phi) is 3.38. The first kappa shape index (κ1) is 11.6. The van der Waals surface area contributed by atoms with Gasteiger partial charge in [0.15, 0.2) is 11.6 Å². The van der Waals surface area contributed by atoms with E-state index in [-0.39, 0.29) is 0 Å². The van der Waals surface area contributed by atoms with Crippen LogP contribution >= 0.6 is 0 Å². The molecule has 0 aliphatic heterocycles. The maximum Gasteiger partial charge on any atom is 0.162 e. The van der Waals surface area contributed by atoms with E-state index in [9.17, 15) is 8.78 Å². The van der Waals surface area contributed by atoms with Crippen molar-refractivity contribution in [2.24, 2.45) is 0 Å². The van der Waals surface area contributed by atoms with Crippen molar-refractivity contribution in [3.05, 3.63) is 65.2 Å². The number of para-hydroxylation sites is 1. The van der Waals surface area contributed by atoms with Gasteiger partial charge in [-0.1, -0.05) is 30.3 Å². The Balaban J connectivity index is 2.13. The largest absolute Gasteiger partial charge is 0.399 e. The first-order valence-corrected chi connectivity index (χ1v) is 5.45. The van der Waals surface area contributed by atoms with Gasteiger partial charge in [0.25, 0.3) is 0 Å². The Bertz CT molecular complexity index is 523. The minimum Gasteiger partial charge on any atom is -0.399 e. The second-order valence-electron chi connectivity index (χ2n) is 3.91. The van der Waals surface area contributed by atoms with Crippen molar-refractivity contribution in [1.29, 1.82) is 0 Å². The molecule has 1 nitrogen and oxygen atoms in total. The van der Waals surface area contributed by atoms with E-state index in [0.29, 0.717) is 24.1 Å². The lowest BCUT2D eigenvalue weighted by molar-refractivity contribution is 0.498. The second-order valence-corrected chi connectivity index (χ2v) is 3.91. The molecule has 2 N–H and O–H groups in total. The van der Waals surface area contributed by atoms with Crippen molar-refractivity contribution in [2.45, 2.75) is 12.8 Å². The van der Waals surface area contributed by atoms with Crippen LogP contribution in [-0.2, 0) is 12.8 Å². The molecule has 88 valence electrons. The third-order valence-electron chi connectivity index (χ3n) is 2.75. The van der Waals surface area contributed by atoms with Gasteiger partial charge in [-0.3, -0.25) is 0 Å².